The summed E-state index contributed by atoms with van der Waals surface area (Å²) in [5.41, 5.74) is 0.476. The van der Waals surface area contributed by atoms with Crippen LogP contribution >= 0.6 is 0 Å². The largest absolute Gasteiger partial charge is 0.493 e. The van der Waals surface area contributed by atoms with Gasteiger partial charge in [-0.15, -0.1) is 0 Å². The third-order valence-electron chi connectivity index (χ3n) is 7.80. The number of carboxylic acid groups (broad SMARTS) is 1. The Morgan fingerprint density at radius 1 is 1.25 bits per heavy atom. The van der Waals surface area contributed by atoms with E-state index in [0.29, 0.717) is 51.5 Å². The van der Waals surface area contributed by atoms with Crippen LogP contribution in [0.1, 0.15) is 85.3 Å². The molecule has 1 aromatic carbocycles. The lowest BCUT2D eigenvalue weighted by atomic mass is 9.69. The van der Waals surface area contributed by atoms with Gasteiger partial charge in [-0.05, 0) is 79.4 Å². The average molecular weight is 560 g/mol. The number of fused-ring (bicyclic) bond motifs is 3. The number of morpholine rings is 1. The molecule has 0 aromatic heterocycles. The van der Waals surface area contributed by atoms with Crippen LogP contribution in [-0.4, -0.2) is 71.8 Å². The number of benzene rings is 1. The number of amides is 1. The lowest BCUT2D eigenvalue weighted by Crippen LogP contribution is -2.63. The highest BCUT2D eigenvalue weighted by molar-refractivity contribution is 5.68. The first-order valence-corrected chi connectivity index (χ1v) is 14.3. The Morgan fingerprint density at radius 3 is 2.73 bits per heavy atom. The summed E-state index contributed by atoms with van der Waals surface area (Å²) in [6, 6.07) is 5.77. The van der Waals surface area contributed by atoms with Gasteiger partial charge in [0.2, 0.25) is 0 Å². The van der Waals surface area contributed by atoms with Gasteiger partial charge in [0.25, 0.3) is 0 Å². The molecule has 4 rings (SSSR count). The van der Waals surface area contributed by atoms with Gasteiger partial charge in [-0.3, -0.25) is 4.79 Å². The van der Waals surface area contributed by atoms with Crippen LogP contribution in [-0.2, 0) is 19.0 Å². The third kappa shape index (κ3) is 7.29. The molecule has 3 heterocycles. The Morgan fingerprint density at radius 2 is 2.02 bits per heavy atom. The first kappa shape index (κ1) is 30.2. The normalized spacial score (nSPS) is 27.7. The van der Waals surface area contributed by atoms with E-state index < -0.39 is 22.8 Å². The van der Waals surface area contributed by atoms with Gasteiger partial charge in [-0.25, -0.2) is 4.79 Å². The maximum absolute atomic E-state index is 12.9. The summed E-state index contributed by atoms with van der Waals surface area (Å²) in [6.45, 7) is 13.9. The van der Waals surface area contributed by atoms with Gasteiger partial charge in [0.1, 0.15) is 28.3 Å². The van der Waals surface area contributed by atoms with Crippen LogP contribution in [0.3, 0.4) is 0 Å². The van der Waals surface area contributed by atoms with Crippen LogP contribution in [0.15, 0.2) is 29.8 Å². The van der Waals surface area contributed by atoms with Crippen molar-refractivity contribution in [2.45, 2.75) is 96.6 Å². The van der Waals surface area contributed by atoms with Gasteiger partial charge in [-0.1, -0.05) is 11.6 Å². The Labute approximate surface area is 237 Å². The molecule has 0 radical (unpaired) electrons. The molecular formula is C31H45NO8. The first-order valence-electron chi connectivity index (χ1n) is 14.3. The first-order chi connectivity index (χ1) is 18.8. The quantitative estimate of drug-likeness (QED) is 0.310. The van der Waals surface area contributed by atoms with Crippen LogP contribution in [0.2, 0.25) is 0 Å². The number of carbonyl (C=O) groups excluding carboxylic acids is 1. The zero-order chi connectivity index (χ0) is 29.1. The number of ether oxygens (including phenoxy) is 5. The molecule has 9 nitrogen and oxygen atoms in total. The highest BCUT2D eigenvalue weighted by Crippen LogP contribution is 2.54. The second-order valence-corrected chi connectivity index (χ2v) is 12.8. The molecule has 2 fully saturated rings. The lowest BCUT2D eigenvalue weighted by Gasteiger charge is -2.55. The molecule has 3 aliphatic heterocycles. The molecule has 1 amide bonds. The number of hydrogen-bond donors (Lipinski definition) is 1. The number of aliphatic carboxylic acids is 1. The van der Waals surface area contributed by atoms with Crippen molar-refractivity contribution >= 4 is 12.1 Å². The minimum Gasteiger partial charge on any atom is -0.493 e. The predicted octanol–water partition coefficient (Wildman–Crippen LogP) is 5.91. The summed E-state index contributed by atoms with van der Waals surface area (Å²) in [7, 11) is 0. The van der Waals surface area contributed by atoms with Crippen LogP contribution in [0.25, 0.3) is 0 Å². The number of carbonyl (C=O) groups is 2. The highest BCUT2D eigenvalue weighted by Gasteiger charge is 2.55. The van der Waals surface area contributed by atoms with E-state index in [-0.39, 0.29) is 24.5 Å². The van der Waals surface area contributed by atoms with E-state index >= 15 is 0 Å². The van der Waals surface area contributed by atoms with Gasteiger partial charge in [0.05, 0.1) is 32.5 Å². The molecule has 0 saturated carbocycles. The van der Waals surface area contributed by atoms with Gasteiger partial charge < -0.3 is 33.7 Å². The molecule has 1 spiro atoms. The fraction of sp³-hybridized carbons (Fsp3) is 0.677. The SMILES string of the molecule is CC(C)=CCC[C@@]1(C)Oc2cc(OCCCC(=O)O)ccc2[C@H]2OC[C@@]3(C[C@@H]21)CN(C(=O)OC(C)(C)C)CCO3. The van der Waals surface area contributed by atoms with Gasteiger partial charge in [0.15, 0.2) is 0 Å². The molecule has 40 heavy (non-hydrogen) atoms. The second-order valence-electron chi connectivity index (χ2n) is 12.8. The molecule has 2 saturated heterocycles. The molecule has 0 unspecified atom stereocenters. The van der Waals surface area contributed by atoms with Crippen molar-refractivity contribution < 1.29 is 38.4 Å². The lowest BCUT2D eigenvalue weighted by molar-refractivity contribution is -0.231. The summed E-state index contributed by atoms with van der Waals surface area (Å²) in [4.78, 5) is 25.5. The van der Waals surface area contributed by atoms with E-state index in [2.05, 4.69) is 26.8 Å². The molecule has 1 aromatic rings. The smallest absolute Gasteiger partial charge is 0.410 e. The summed E-state index contributed by atoms with van der Waals surface area (Å²) in [5, 5.41) is 8.89. The van der Waals surface area contributed by atoms with Gasteiger partial charge >= 0.3 is 12.1 Å². The van der Waals surface area contributed by atoms with E-state index in [0.717, 1.165) is 24.2 Å². The molecule has 4 atom stereocenters. The van der Waals surface area contributed by atoms with Crippen LogP contribution in [0, 0.1) is 5.92 Å². The minimum atomic E-state index is -0.834. The number of hydrogen-bond acceptors (Lipinski definition) is 7. The maximum Gasteiger partial charge on any atom is 0.410 e. The van der Waals surface area contributed by atoms with Crippen LogP contribution in [0.4, 0.5) is 4.79 Å². The van der Waals surface area contributed by atoms with Crippen molar-refractivity contribution in [3.8, 4) is 11.5 Å². The number of allylic oxidation sites excluding steroid dienone is 2. The zero-order valence-corrected chi connectivity index (χ0v) is 24.8. The monoisotopic (exact) mass is 559 g/mol. The van der Waals surface area contributed by atoms with Crippen molar-refractivity contribution in [1.29, 1.82) is 0 Å². The van der Waals surface area contributed by atoms with Crippen LogP contribution < -0.4 is 9.47 Å². The summed E-state index contributed by atoms with van der Waals surface area (Å²) in [5.74, 6) is 0.539. The fourth-order valence-electron chi connectivity index (χ4n) is 5.86. The molecule has 222 valence electrons. The number of nitrogens with zero attached hydrogens (tertiary/aromatic N) is 1. The van der Waals surface area contributed by atoms with Crippen molar-refractivity contribution in [2.24, 2.45) is 5.92 Å². The second kappa shape index (κ2) is 12.0. The predicted molar refractivity (Wildman–Crippen MR) is 150 cm³/mol. The van der Waals surface area contributed by atoms with Crippen molar-refractivity contribution in [2.75, 3.05) is 32.9 Å². The molecule has 1 N–H and O–H groups in total. The Bertz CT molecular complexity index is 1110. The minimum absolute atomic E-state index is 0.000216. The summed E-state index contributed by atoms with van der Waals surface area (Å²) >= 11 is 0. The molecule has 9 heteroatoms. The van der Waals surface area contributed by atoms with E-state index in [1.165, 1.54) is 5.57 Å². The average Bonchev–Trinajstić information content (AvgIpc) is 2.85. The fourth-order valence-corrected chi connectivity index (χ4v) is 5.86. The third-order valence-corrected chi connectivity index (χ3v) is 7.80. The van der Waals surface area contributed by atoms with Crippen LogP contribution in [0.5, 0.6) is 11.5 Å². The Balaban J connectivity index is 1.56. The maximum atomic E-state index is 12.9. The van der Waals surface area contributed by atoms with Crippen molar-refractivity contribution in [3.63, 3.8) is 0 Å². The molecule has 3 aliphatic rings. The van der Waals surface area contributed by atoms with Gasteiger partial charge in [-0.2, -0.15) is 0 Å². The van der Waals surface area contributed by atoms with Crippen molar-refractivity contribution in [1.82, 2.24) is 4.90 Å². The molecule has 0 bridgehead atoms. The highest BCUT2D eigenvalue weighted by atomic mass is 16.6. The molecule has 0 aliphatic carbocycles. The summed E-state index contributed by atoms with van der Waals surface area (Å²) in [6.07, 6.45) is 4.55. The zero-order valence-electron chi connectivity index (χ0n) is 24.8. The standard InChI is InChI=1S/C31H45NO8/c1-21(2)9-7-13-30(6)24-18-31(19-32(14-16-38-31)28(35)40-29(3,4)5)20-37-27(24)23-12-11-22(17-25(23)39-30)36-15-8-10-26(33)34/h9,11-12,17,24,27H,7-8,10,13-16,18-20H2,1-6H3,(H,33,34)/t24-,27+,30+,31+/m0/s1. The Hall–Kier alpha value is -2.78. The van der Waals surface area contributed by atoms with E-state index in [4.69, 9.17) is 28.8 Å². The molecular weight excluding hydrogens is 514 g/mol. The van der Waals surface area contributed by atoms with Crippen molar-refractivity contribution in [3.05, 3.63) is 35.4 Å². The summed E-state index contributed by atoms with van der Waals surface area (Å²) < 4.78 is 31.3. The number of carboxylic acids is 1. The Kier molecular flexibility index (Phi) is 9.05. The van der Waals surface area contributed by atoms with E-state index in [9.17, 15) is 9.59 Å². The van der Waals surface area contributed by atoms with E-state index in [1.54, 1.807) is 4.90 Å². The topological polar surface area (TPSA) is 104 Å². The van der Waals surface area contributed by atoms with Gasteiger partial charge in [0, 0.05) is 30.5 Å². The number of rotatable bonds is 8. The van der Waals surface area contributed by atoms with E-state index in [1.807, 2.05) is 39.0 Å².